The van der Waals surface area contributed by atoms with Gasteiger partial charge in [0.1, 0.15) is 5.76 Å². The molecule has 31 heavy (non-hydrogen) atoms. The minimum Gasteiger partial charge on any atom is -0.469 e. The van der Waals surface area contributed by atoms with E-state index in [9.17, 15) is 0 Å². The summed E-state index contributed by atoms with van der Waals surface area (Å²) >= 11 is 0. The zero-order valence-corrected chi connectivity index (χ0v) is 19.7. The van der Waals surface area contributed by atoms with Crippen LogP contribution in [-0.4, -0.2) is 49.8 Å². The molecule has 4 rings (SSSR count). The van der Waals surface area contributed by atoms with Gasteiger partial charge in [-0.25, -0.2) is 0 Å². The molecule has 3 heterocycles. The van der Waals surface area contributed by atoms with Crippen molar-refractivity contribution in [2.45, 2.75) is 64.4 Å². The van der Waals surface area contributed by atoms with E-state index in [1.807, 2.05) is 6.07 Å². The van der Waals surface area contributed by atoms with Crippen LogP contribution in [0.25, 0.3) is 0 Å². The van der Waals surface area contributed by atoms with E-state index in [0.717, 1.165) is 44.7 Å². The summed E-state index contributed by atoms with van der Waals surface area (Å²) in [6.45, 7) is 13.3. The van der Waals surface area contributed by atoms with E-state index >= 15 is 0 Å². The van der Waals surface area contributed by atoms with Crippen molar-refractivity contribution in [3.8, 4) is 0 Å². The number of rotatable bonds is 9. The van der Waals surface area contributed by atoms with Crippen LogP contribution in [0.3, 0.4) is 0 Å². The molecule has 2 unspecified atom stereocenters. The minimum atomic E-state index is -0.0295. The summed E-state index contributed by atoms with van der Waals surface area (Å²) in [5.74, 6) is 1.35. The van der Waals surface area contributed by atoms with Crippen LogP contribution in [0.4, 0.5) is 0 Å². The highest BCUT2D eigenvalue weighted by molar-refractivity contribution is 5.30. The van der Waals surface area contributed by atoms with Gasteiger partial charge in [0.05, 0.1) is 11.9 Å². The molecule has 2 atom stereocenters. The SMILES string of the molecule is Cc1ccc(C(CCNCC2(CN3CCCC3)CCOC(C)(C)C2)c2ccco2)cc1. The van der Waals surface area contributed by atoms with Gasteiger partial charge in [-0.3, -0.25) is 0 Å². The van der Waals surface area contributed by atoms with E-state index < -0.39 is 0 Å². The molecule has 1 aromatic heterocycles. The van der Waals surface area contributed by atoms with Crippen molar-refractivity contribution in [3.63, 3.8) is 0 Å². The number of nitrogens with zero attached hydrogens (tertiary/aromatic N) is 1. The summed E-state index contributed by atoms with van der Waals surface area (Å²) < 4.78 is 11.9. The molecule has 2 aliphatic rings. The first-order valence-electron chi connectivity index (χ1n) is 12.1. The van der Waals surface area contributed by atoms with Crippen molar-refractivity contribution >= 4 is 0 Å². The fraction of sp³-hybridized carbons (Fsp3) is 0.630. The second-order valence-electron chi connectivity index (χ2n) is 10.5. The van der Waals surface area contributed by atoms with Gasteiger partial charge in [0.2, 0.25) is 0 Å². The molecule has 1 aromatic carbocycles. The fourth-order valence-electron chi connectivity index (χ4n) is 5.70. The third-order valence-corrected chi connectivity index (χ3v) is 7.16. The van der Waals surface area contributed by atoms with Gasteiger partial charge in [-0.1, -0.05) is 29.8 Å². The first-order chi connectivity index (χ1) is 14.9. The maximum Gasteiger partial charge on any atom is 0.111 e. The lowest BCUT2D eigenvalue weighted by molar-refractivity contribution is -0.110. The summed E-state index contributed by atoms with van der Waals surface area (Å²) in [6.07, 6.45) is 7.81. The largest absolute Gasteiger partial charge is 0.469 e. The molecule has 170 valence electrons. The Morgan fingerprint density at radius 1 is 1.10 bits per heavy atom. The number of nitrogens with one attached hydrogen (secondary N) is 1. The van der Waals surface area contributed by atoms with Gasteiger partial charge < -0.3 is 19.4 Å². The summed E-state index contributed by atoms with van der Waals surface area (Å²) in [6, 6.07) is 13.0. The molecule has 2 aliphatic heterocycles. The first kappa shape index (κ1) is 22.6. The molecular weight excluding hydrogens is 384 g/mol. The van der Waals surface area contributed by atoms with Gasteiger partial charge in [0.25, 0.3) is 0 Å². The Labute approximate surface area is 188 Å². The van der Waals surface area contributed by atoms with Gasteiger partial charge >= 0.3 is 0 Å². The van der Waals surface area contributed by atoms with Gasteiger partial charge in [-0.05, 0) is 90.2 Å². The van der Waals surface area contributed by atoms with Crippen LogP contribution in [-0.2, 0) is 4.74 Å². The summed E-state index contributed by atoms with van der Waals surface area (Å²) in [5.41, 5.74) is 2.90. The zero-order chi connectivity index (χ0) is 21.7. The van der Waals surface area contributed by atoms with Crippen molar-refractivity contribution in [1.29, 1.82) is 0 Å². The molecule has 0 spiro atoms. The number of aryl methyl sites for hydroxylation is 1. The van der Waals surface area contributed by atoms with Crippen molar-refractivity contribution in [2.75, 3.05) is 39.3 Å². The molecule has 2 saturated heterocycles. The molecule has 1 N–H and O–H groups in total. The van der Waals surface area contributed by atoms with Crippen LogP contribution < -0.4 is 5.32 Å². The minimum absolute atomic E-state index is 0.0295. The molecule has 0 aliphatic carbocycles. The van der Waals surface area contributed by atoms with Crippen molar-refractivity contribution < 1.29 is 9.15 Å². The number of hydrogen-bond acceptors (Lipinski definition) is 4. The van der Waals surface area contributed by atoms with Crippen LogP contribution in [0.15, 0.2) is 47.1 Å². The van der Waals surface area contributed by atoms with Crippen LogP contribution in [0.5, 0.6) is 0 Å². The molecule has 0 radical (unpaired) electrons. The Balaban J connectivity index is 1.39. The van der Waals surface area contributed by atoms with Crippen molar-refractivity contribution in [2.24, 2.45) is 5.41 Å². The molecule has 0 amide bonds. The molecular formula is C27H40N2O2. The lowest BCUT2D eigenvalue weighted by atomic mass is 9.73. The van der Waals surface area contributed by atoms with Crippen LogP contribution in [0.2, 0.25) is 0 Å². The zero-order valence-electron chi connectivity index (χ0n) is 19.7. The van der Waals surface area contributed by atoms with E-state index in [-0.39, 0.29) is 5.60 Å². The highest BCUT2D eigenvalue weighted by Gasteiger charge is 2.42. The summed E-state index contributed by atoms with van der Waals surface area (Å²) in [7, 11) is 0. The van der Waals surface area contributed by atoms with Gasteiger partial charge in [-0.15, -0.1) is 0 Å². The quantitative estimate of drug-likeness (QED) is 0.549. The molecule has 4 heteroatoms. The van der Waals surface area contributed by atoms with E-state index in [4.69, 9.17) is 9.15 Å². The molecule has 0 bridgehead atoms. The van der Waals surface area contributed by atoms with Crippen molar-refractivity contribution in [1.82, 2.24) is 10.2 Å². The fourth-order valence-corrected chi connectivity index (χ4v) is 5.70. The standard InChI is InChI=1S/C27H40N2O2/c1-22-8-10-23(11-9-22)24(25-7-6-17-30-25)12-14-28-20-27(21-29-15-4-5-16-29)13-18-31-26(2,3)19-27/h6-11,17,24,28H,4-5,12-16,18-21H2,1-3H3. The number of likely N-dealkylation sites (tertiary alicyclic amines) is 1. The van der Waals surface area contributed by atoms with Crippen LogP contribution in [0.1, 0.15) is 68.8 Å². The monoisotopic (exact) mass is 424 g/mol. The van der Waals surface area contributed by atoms with Crippen LogP contribution in [0, 0.1) is 12.3 Å². The molecule has 0 saturated carbocycles. The Hall–Kier alpha value is -1.62. The predicted octanol–water partition coefficient (Wildman–Crippen LogP) is 5.37. The number of ether oxygens (including phenoxy) is 1. The summed E-state index contributed by atoms with van der Waals surface area (Å²) in [4.78, 5) is 2.68. The van der Waals surface area contributed by atoms with Crippen molar-refractivity contribution in [3.05, 3.63) is 59.5 Å². The Kier molecular flexibility index (Phi) is 7.20. The Bertz CT molecular complexity index is 793. The van der Waals surface area contributed by atoms with E-state index in [1.165, 1.54) is 43.6 Å². The molecule has 2 fully saturated rings. The van der Waals surface area contributed by atoms with E-state index in [0.29, 0.717) is 11.3 Å². The average molecular weight is 425 g/mol. The Morgan fingerprint density at radius 2 is 1.87 bits per heavy atom. The first-order valence-corrected chi connectivity index (χ1v) is 12.1. The molecule has 2 aromatic rings. The van der Waals surface area contributed by atoms with Crippen LogP contribution >= 0.6 is 0 Å². The van der Waals surface area contributed by atoms with E-state index in [1.54, 1.807) is 6.26 Å². The topological polar surface area (TPSA) is 37.6 Å². The maximum atomic E-state index is 6.09. The third-order valence-electron chi connectivity index (χ3n) is 7.16. The maximum absolute atomic E-state index is 6.09. The Morgan fingerprint density at radius 3 is 2.55 bits per heavy atom. The van der Waals surface area contributed by atoms with E-state index in [2.05, 4.69) is 61.3 Å². The molecule has 4 nitrogen and oxygen atoms in total. The number of hydrogen-bond donors (Lipinski definition) is 1. The van der Waals surface area contributed by atoms with Gasteiger partial charge in [0.15, 0.2) is 0 Å². The predicted molar refractivity (Wildman–Crippen MR) is 127 cm³/mol. The second kappa shape index (κ2) is 9.89. The van der Waals surface area contributed by atoms with Gasteiger partial charge in [0, 0.05) is 31.0 Å². The average Bonchev–Trinajstić information content (AvgIpc) is 3.42. The number of benzene rings is 1. The second-order valence-corrected chi connectivity index (χ2v) is 10.5. The summed E-state index contributed by atoms with van der Waals surface area (Å²) in [5, 5.41) is 3.86. The highest BCUT2D eigenvalue weighted by Crippen LogP contribution is 2.40. The van der Waals surface area contributed by atoms with Gasteiger partial charge in [-0.2, -0.15) is 0 Å². The smallest absolute Gasteiger partial charge is 0.111 e. The lowest BCUT2D eigenvalue weighted by Gasteiger charge is -2.47. The third kappa shape index (κ3) is 6.00. The number of furan rings is 1. The highest BCUT2D eigenvalue weighted by atomic mass is 16.5. The normalized spacial score (nSPS) is 25.0. The lowest BCUT2D eigenvalue weighted by Crippen LogP contribution is -2.51.